The summed E-state index contributed by atoms with van der Waals surface area (Å²) in [5, 5.41) is 10.3. The maximum Gasteiger partial charge on any atom is 0.184 e. The molecule has 3 aromatic heterocycles. The molecule has 6 nitrogen and oxygen atoms in total. The van der Waals surface area contributed by atoms with Crippen molar-refractivity contribution < 1.29 is 8.78 Å². The van der Waals surface area contributed by atoms with Gasteiger partial charge in [0.05, 0.1) is 24.3 Å². The number of H-pyrrole nitrogens is 1. The zero-order valence-electron chi connectivity index (χ0n) is 13.1. The molecular formula is C17H12F2N6. The number of pyridine rings is 1. The van der Waals surface area contributed by atoms with Crippen molar-refractivity contribution in [2.45, 2.75) is 6.92 Å². The number of hydrogen-bond acceptors (Lipinski definition) is 5. The number of hydrogen-bond donors (Lipinski definition) is 2. The van der Waals surface area contributed by atoms with Gasteiger partial charge in [0.1, 0.15) is 5.82 Å². The molecule has 0 saturated heterocycles. The number of rotatable bonds is 3. The number of aromatic nitrogens is 5. The number of fused-ring (bicyclic) bond motifs is 1. The van der Waals surface area contributed by atoms with Crippen molar-refractivity contribution in [1.82, 2.24) is 25.1 Å². The van der Waals surface area contributed by atoms with Crippen LogP contribution in [0.4, 0.5) is 20.3 Å². The lowest BCUT2D eigenvalue weighted by Gasteiger charge is -2.09. The molecule has 1 aromatic carbocycles. The molecule has 0 aliphatic rings. The summed E-state index contributed by atoms with van der Waals surface area (Å²) >= 11 is 0. The van der Waals surface area contributed by atoms with E-state index in [9.17, 15) is 8.78 Å². The average Bonchev–Trinajstić information content (AvgIpc) is 3.05. The van der Waals surface area contributed by atoms with Crippen LogP contribution in [0.2, 0.25) is 0 Å². The van der Waals surface area contributed by atoms with E-state index in [1.54, 1.807) is 31.5 Å². The molecule has 0 saturated carbocycles. The van der Waals surface area contributed by atoms with E-state index in [1.807, 2.05) is 0 Å². The van der Waals surface area contributed by atoms with E-state index in [0.717, 1.165) is 11.6 Å². The van der Waals surface area contributed by atoms with Gasteiger partial charge >= 0.3 is 0 Å². The molecule has 0 fully saturated rings. The third-order valence-electron chi connectivity index (χ3n) is 3.73. The standard InChI is InChI=1S/C17H12F2N6/c1-9-4-11(18)2-3-13(9)16-21-8-14(19)17(24-16)23-12-5-10-6-22-25-15(10)20-7-12/h2-8H,1H3,(H,20,22,25)(H,21,23,24). The number of aromatic amines is 1. The fourth-order valence-electron chi connectivity index (χ4n) is 2.50. The van der Waals surface area contributed by atoms with Gasteiger partial charge in [-0.3, -0.25) is 5.10 Å². The highest BCUT2D eigenvalue weighted by molar-refractivity contribution is 5.78. The molecule has 0 bridgehead atoms. The van der Waals surface area contributed by atoms with E-state index in [-0.39, 0.29) is 11.6 Å². The Labute approximate surface area is 141 Å². The average molecular weight is 338 g/mol. The molecule has 4 aromatic rings. The zero-order valence-corrected chi connectivity index (χ0v) is 13.1. The predicted molar refractivity (Wildman–Crippen MR) is 89.3 cm³/mol. The molecule has 25 heavy (non-hydrogen) atoms. The third-order valence-corrected chi connectivity index (χ3v) is 3.73. The van der Waals surface area contributed by atoms with Gasteiger partial charge in [-0.15, -0.1) is 0 Å². The summed E-state index contributed by atoms with van der Waals surface area (Å²) in [5.74, 6) is -0.630. The van der Waals surface area contributed by atoms with Gasteiger partial charge in [-0.25, -0.2) is 23.7 Å². The molecule has 0 spiro atoms. The first-order chi connectivity index (χ1) is 12.1. The Morgan fingerprint density at radius 3 is 2.76 bits per heavy atom. The minimum absolute atomic E-state index is 0.0124. The van der Waals surface area contributed by atoms with Crippen LogP contribution in [0, 0.1) is 18.6 Å². The maximum absolute atomic E-state index is 14.1. The number of aryl methyl sites for hydroxylation is 1. The Balaban J connectivity index is 1.71. The monoisotopic (exact) mass is 338 g/mol. The van der Waals surface area contributed by atoms with Crippen molar-refractivity contribution in [3.63, 3.8) is 0 Å². The molecule has 0 aliphatic heterocycles. The smallest absolute Gasteiger partial charge is 0.184 e. The lowest BCUT2D eigenvalue weighted by atomic mass is 10.1. The molecule has 3 heterocycles. The molecule has 2 N–H and O–H groups in total. The van der Waals surface area contributed by atoms with Crippen LogP contribution in [0.5, 0.6) is 0 Å². The number of nitrogens with one attached hydrogen (secondary N) is 2. The number of halogens is 2. The van der Waals surface area contributed by atoms with Crippen molar-refractivity contribution in [1.29, 1.82) is 0 Å². The van der Waals surface area contributed by atoms with Crippen LogP contribution in [0.15, 0.2) is 42.9 Å². The Kier molecular flexibility index (Phi) is 3.57. The second-order valence-corrected chi connectivity index (χ2v) is 5.51. The van der Waals surface area contributed by atoms with Gasteiger partial charge in [0.2, 0.25) is 0 Å². The maximum atomic E-state index is 14.1. The molecule has 124 valence electrons. The summed E-state index contributed by atoms with van der Waals surface area (Å²) in [7, 11) is 0. The fraction of sp³-hybridized carbons (Fsp3) is 0.0588. The van der Waals surface area contributed by atoms with Crippen LogP contribution >= 0.6 is 0 Å². The van der Waals surface area contributed by atoms with Gasteiger partial charge in [-0.1, -0.05) is 0 Å². The van der Waals surface area contributed by atoms with Crippen LogP contribution in [0.3, 0.4) is 0 Å². The van der Waals surface area contributed by atoms with E-state index in [1.165, 1.54) is 12.1 Å². The molecule has 0 amide bonds. The SMILES string of the molecule is Cc1cc(F)ccc1-c1ncc(F)c(Nc2cnc3[nH]ncc3c2)n1. The highest BCUT2D eigenvalue weighted by Crippen LogP contribution is 2.25. The van der Waals surface area contributed by atoms with Crippen molar-refractivity contribution >= 4 is 22.5 Å². The topological polar surface area (TPSA) is 79.4 Å². The van der Waals surface area contributed by atoms with Crippen molar-refractivity contribution in [3.8, 4) is 11.4 Å². The number of anilines is 2. The summed E-state index contributed by atoms with van der Waals surface area (Å²) < 4.78 is 27.4. The normalized spacial score (nSPS) is 11.0. The molecule has 0 unspecified atom stereocenters. The van der Waals surface area contributed by atoms with Gasteiger partial charge in [-0.2, -0.15) is 5.10 Å². The first-order valence-electron chi connectivity index (χ1n) is 7.45. The highest BCUT2D eigenvalue weighted by Gasteiger charge is 2.12. The van der Waals surface area contributed by atoms with Gasteiger partial charge < -0.3 is 5.32 Å². The molecule has 0 aliphatic carbocycles. The minimum Gasteiger partial charge on any atom is -0.336 e. The first kappa shape index (κ1) is 15.1. The van der Waals surface area contributed by atoms with E-state index < -0.39 is 5.82 Å². The summed E-state index contributed by atoms with van der Waals surface area (Å²) in [4.78, 5) is 12.4. The Morgan fingerprint density at radius 1 is 1.04 bits per heavy atom. The van der Waals surface area contributed by atoms with E-state index >= 15 is 0 Å². The summed E-state index contributed by atoms with van der Waals surface area (Å²) in [5.41, 5.74) is 2.50. The van der Waals surface area contributed by atoms with Gasteiger partial charge in [-0.05, 0) is 36.8 Å². The Morgan fingerprint density at radius 2 is 1.92 bits per heavy atom. The zero-order chi connectivity index (χ0) is 17.4. The summed E-state index contributed by atoms with van der Waals surface area (Å²) in [6.45, 7) is 1.75. The predicted octanol–water partition coefficient (Wildman–Crippen LogP) is 3.75. The van der Waals surface area contributed by atoms with Crippen molar-refractivity contribution in [2.24, 2.45) is 0 Å². The van der Waals surface area contributed by atoms with E-state index in [4.69, 9.17) is 0 Å². The van der Waals surface area contributed by atoms with E-state index in [2.05, 4.69) is 30.5 Å². The molecule has 4 rings (SSSR count). The minimum atomic E-state index is -0.601. The number of benzene rings is 1. The molecular weight excluding hydrogens is 326 g/mol. The van der Waals surface area contributed by atoms with Crippen LogP contribution in [0.1, 0.15) is 5.56 Å². The van der Waals surface area contributed by atoms with Gasteiger partial charge in [0.25, 0.3) is 0 Å². The first-order valence-corrected chi connectivity index (χ1v) is 7.45. The van der Waals surface area contributed by atoms with Gasteiger partial charge in [0.15, 0.2) is 23.1 Å². The fourth-order valence-corrected chi connectivity index (χ4v) is 2.50. The number of nitrogens with zero attached hydrogens (tertiary/aromatic N) is 4. The van der Waals surface area contributed by atoms with Crippen LogP contribution in [-0.4, -0.2) is 25.1 Å². The second kappa shape index (κ2) is 5.90. The second-order valence-electron chi connectivity index (χ2n) is 5.51. The van der Waals surface area contributed by atoms with Crippen molar-refractivity contribution in [3.05, 3.63) is 60.1 Å². The largest absolute Gasteiger partial charge is 0.336 e. The molecule has 0 radical (unpaired) electrons. The Hall–Kier alpha value is -3.42. The van der Waals surface area contributed by atoms with Crippen LogP contribution in [-0.2, 0) is 0 Å². The quantitative estimate of drug-likeness (QED) is 0.595. The van der Waals surface area contributed by atoms with E-state index in [0.29, 0.717) is 28.3 Å². The summed E-state index contributed by atoms with van der Waals surface area (Å²) in [6, 6.07) is 6.04. The summed E-state index contributed by atoms with van der Waals surface area (Å²) in [6.07, 6.45) is 4.25. The molecule has 8 heteroatoms. The van der Waals surface area contributed by atoms with Gasteiger partial charge in [0, 0.05) is 10.9 Å². The van der Waals surface area contributed by atoms with Crippen LogP contribution < -0.4 is 5.32 Å². The third kappa shape index (κ3) is 2.89. The van der Waals surface area contributed by atoms with Crippen LogP contribution in [0.25, 0.3) is 22.4 Å². The van der Waals surface area contributed by atoms with Crippen molar-refractivity contribution in [2.75, 3.05) is 5.32 Å². The Bertz CT molecular complexity index is 1080. The highest BCUT2D eigenvalue weighted by atomic mass is 19.1. The lowest BCUT2D eigenvalue weighted by molar-refractivity contribution is 0.619. The lowest BCUT2D eigenvalue weighted by Crippen LogP contribution is -2.01. The molecule has 0 atom stereocenters.